The second kappa shape index (κ2) is 4.67. The Morgan fingerprint density at radius 2 is 1.94 bits per heavy atom. The van der Waals surface area contributed by atoms with E-state index in [1.807, 2.05) is 32.0 Å². The summed E-state index contributed by atoms with van der Waals surface area (Å²) in [5.41, 5.74) is 2.92. The first-order valence-corrected chi connectivity index (χ1v) is 5.30. The fraction of sp³-hybridized carbons (Fsp3) is 0.143. The van der Waals surface area contributed by atoms with E-state index in [2.05, 4.69) is 11.1 Å². The highest BCUT2D eigenvalue weighted by Crippen LogP contribution is 2.22. The second-order valence-electron chi connectivity index (χ2n) is 3.84. The van der Waals surface area contributed by atoms with E-state index in [4.69, 9.17) is 10.00 Å². The molecule has 17 heavy (non-hydrogen) atoms. The molecular formula is C14H12N2O. The molecule has 0 aliphatic carbocycles. The predicted octanol–water partition coefficient (Wildman–Crippen LogP) is 3.36. The molecule has 1 heterocycles. The van der Waals surface area contributed by atoms with Crippen molar-refractivity contribution in [3.63, 3.8) is 0 Å². The maximum absolute atomic E-state index is 8.78. The van der Waals surface area contributed by atoms with Crippen molar-refractivity contribution in [1.29, 1.82) is 5.26 Å². The fourth-order valence-corrected chi connectivity index (χ4v) is 1.43. The van der Waals surface area contributed by atoms with Crippen LogP contribution in [0.4, 0.5) is 0 Å². The van der Waals surface area contributed by atoms with Gasteiger partial charge in [-0.25, -0.2) is 4.98 Å². The molecule has 1 aromatic carbocycles. The molecule has 3 heteroatoms. The summed E-state index contributed by atoms with van der Waals surface area (Å²) in [5.74, 6) is 1.17. The Hall–Kier alpha value is -2.34. The van der Waals surface area contributed by atoms with E-state index >= 15 is 0 Å². The average Bonchev–Trinajstić information content (AvgIpc) is 2.34. The molecule has 0 bridgehead atoms. The summed E-state index contributed by atoms with van der Waals surface area (Å²) in [6, 6.07) is 11.2. The summed E-state index contributed by atoms with van der Waals surface area (Å²) in [5, 5.41) is 8.78. The number of pyridine rings is 1. The number of hydrogen-bond acceptors (Lipinski definition) is 3. The van der Waals surface area contributed by atoms with Crippen LogP contribution in [-0.2, 0) is 0 Å². The van der Waals surface area contributed by atoms with Gasteiger partial charge in [0.1, 0.15) is 5.75 Å². The van der Waals surface area contributed by atoms with Crippen molar-refractivity contribution >= 4 is 0 Å². The van der Waals surface area contributed by atoms with Crippen LogP contribution in [0.25, 0.3) is 0 Å². The van der Waals surface area contributed by atoms with Gasteiger partial charge in [0.25, 0.3) is 0 Å². The van der Waals surface area contributed by atoms with Crippen LogP contribution in [0.2, 0.25) is 0 Å². The number of benzene rings is 1. The molecule has 0 amide bonds. The van der Waals surface area contributed by atoms with E-state index in [1.165, 1.54) is 11.1 Å². The van der Waals surface area contributed by atoms with E-state index in [-0.39, 0.29) is 0 Å². The molecule has 0 aliphatic heterocycles. The van der Waals surface area contributed by atoms with Gasteiger partial charge in [-0.15, -0.1) is 0 Å². The van der Waals surface area contributed by atoms with Crippen molar-refractivity contribution in [3.05, 3.63) is 53.2 Å². The summed E-state index contributed by atoms with van der Waals surface area (Å²) < 4.78 is 5.59. The Balaban J connectivity index is 2.25. The van der Waals surface area contributed by atoms with E-state index in [1.54, 1.807) is 18.3 Å². The van der Waals surface area contributed by atoms with Crippen LogP contribution < -0.4 is 4.74 Å². The molecule has 0 atom stereocenters. The molecule has 0 unspecified atom stereocenters. The van der Waals surface area contributed by atoms with Crippen molar-refractivity contribution in [1.82, 2.24) is 4.98 Å². The summed E-state index contributed by atoms with van der Waals surface area (Å²) in [7, 11) is 0. The van der Waals surface area contributed by atoms with Gasteiger partial charge < -0.3 is 4.74 Å². The van der Waals surface area contributed by atoms with Gasteiger partial charge in [0.2, 0.25) is 5.88 Å². The number of rotatable bonds is 2. The molecular weight excluding hydrogens is 212 g/mol. The van der Waals surface area contributed by atoms with Crippen molar-refractivity contribution in [2.45, 2.75) is 13.8 Å². The van der Waals surface area contributed by atoms with Crippen LogP contribution in [0, 0.1) is 25.2 Å². The number of aryl methyl sites for hydroxylation is 2. The van der Waals surface area contributed by atoms with E-state index in [0.717, 1.165) is 5.75 Å². The Labute approximate surface area is 100 Å². The van der Waals surface area contributed by atoms with Gasteiger partial charge in [-0.05, 0) is 43.2 Å². The van der Waals surface area contributed by atoms with Gasteiger partial charge in [-0.2, -0.15) is 5.26 Å². The van der Waals surface area contributed by atoms with Crippen molar-refractivity contribution in [2.24, 2.45) is 0 Å². The fourth-order valence-electron chi connectivity index (χ4n) is 1.43. The van der Waals surface area contributed by atoms with Gasteiger partial charge in [0.15, 0.2) is 0 Å². The van der Waals surface area contributed by atoms with Gasteiger partial charge in [0, 0.05) is 12.3 Å². The Kier molecular flexibility index (Phi) is 3.06. The predicted molar refractivity (Wildman–Crippen MR) is 64.9 cm³/mol. The van der Waals surface area contributed by atoms with E-state index in [9.17, 15) is 0 Å². The molecule has 0 spiro atoms. The highest BCUT2D eigenvalue weighted by Gasteiger charge is 2.01. The van der Waals surface area contributed by atoms with Gasteiger partial charge in [0.05, 0.1) is 11.6 Å². The highest BCUT2D eigenvalue weighted by atomic mass is 16.5. The second-order valence-corrected chi connectivity index (χ2v) is 3.84. The average molecular weight is 224 g/mol. The zero-order valence-electron chi connectivity index (χ0n) is 9.77. The minimum atomic E-state index is 0.437. The summed E-state index contributed by atoms with van der Waals surface area (Å²) in [6.07, 6.45) is 1.56. The first kappa shape index (κ1) is 11.2. The lowest BCUT2D eigenvalue weighted by Crippen LogP contribution is -1.90. The van der Waals surface area contributed by atoms with E-state index < -0.39 is 0 Å². The van der Waals surface area contributed by atoms with Gasteiger partial charge in [-0.1, -0.05) is 6.07 Å². The Morgan fingerprint density at radius 3 is 2.65 bits per heavy atom. The van der Waals surface area contributed by atoms with Crippen molar-refractivity contribution in [3.8, 4) is 17.7 Å². The lowest BCUT2D eigenvalue weighted by Gasteiger charge is -2.06. The summed E-state index contributed by atoms with van der Waals surface area (Å²) >= 11 is 0. The number of nitrogens with zero attached hydrogens (tertiary/aromatic N) is 2. The smallest absolute Gasteiger partial charge is 0.220 e. The number of nitriles is 1. The molecule has 0 aliphatic rings. The number of hydrogen-bond donors (Lipinski definition) is 0. The SMILES string of the molecule is Cc1ccc(Oc2cc(C#N)ccn2)cc1C. The lowest BCUT2D eigenvalue weighted by atomic mass is 10.1. The topological polar surface area (TPSA) is 45.9 Å². The van der Waals surface area contributed by atoms with Crippen molar-refractivity contribution < 1.29 is 4.74 Å². The van der Waals surface area contributed by atoms with E-state index in [0.29, 0.717) is 11.4 Å². The highest BCUT2D eigenvalue weighted by molar-refractivity contribution is 5.37. The molecule has 0 N–H and O–H groups in total. The Bertz CT molecular complexity index is 585. The minimum absolute atomic E-state index is 0.437. The normalized spacial score (nSPS) is 9.71. The largest absolute Gasteiger partial charge is 0.439 e. The maximum Gasteiger partial charge on any atom is 0.220 e. The molecule has 84 valence electrons. The standard InChI is InChI=1S/C14H12N2O/c1-10-3-4-13(7-11(10)2)17-14-8-12(9-15)5-6-16-14/h3-8H,1-2H3. The molecule has 0 saturated heterocycles. The van der Waals surface area contributed by atoms with Crippen LogP contribution in [0.1, 0.15) is 16.7 Å². The molecule has 1 aromatic heterocycles. The van der Waals surface area contributed by atoms with Crippen molar-refractivity contribution in [2.75, 3.05) is 0 Å². The zero-order valence-corrected chi connectivity index (χ0v) is 9.77. The molecule has 2 aromatic rings. The quantitative estimate of drug-likeness (QED) is 0.785. The van der Waals surface area contributed by atoms with Crippen LogP contribution in [0.5, 0.6) is 11.6 Å². The zero-order chi connectivity index (χ0) is 12.3. The Morgan fingerprint density at radius 1 is 1.12 bits per heavy atom. The third-order valence-corrected chi connectivity index (χ3v) is 2.56. The first-order chi connectivity index (χ1) is 8.19. The van der Waals surface area contributed by atoms with Crippen LogP contribution in [0.3, 0.4) is 0 Å². The van der Waals surface area contributed by atoms with Crippen LogP contribution >= 0.6 is 0 Å². The molecule has 0 fully saturated rings. The van der Waals surface area contributed by atoms with Crippen LogP contribution in [0.15, 0.2) is 36.5 Å². The van der Waals surface area contributed by atoms with Gasteiger partial charge >= 0.3 is 0 Å². The number of aromatic nitrogens is 1. The summed E-state index contributed by atoms with van der Waals surface area (Å²) in [6.45, 7) is 4.08. The summed E-state index contributed by atoms with van der Waals surface area (Å²) in [4.78, 5) is 4.06. The monoisotopic (exact) mass is 224 g/mol. The molecule has 0 saturated carbocycles. The minimum Gasteiger partial charge on any atom is -0.439 e. The third kappa shape index (κ3) is 2.61. The maximum atomic E-state index is 8.78. The first-order valence-electron chi connectivity index (χ1n) is 5.30. The number of ether oxygens (including phenoxy) is 1. The lowest BCUT2D eigenvalue weighted by molar-refractivity contribution is 0.462. The molecule has 2 rings (SSSR count). The van der Waals surface area contributed by atoms with Crippen LogP contribution in [-0.4, -0.2) is 4.98 Å². The molecule has 0 radical (unpaired) electrons. The molecule has 3 nitrogen and oxygen atoms in total. The third-order valence-electron chi connectivity index (χ3n) is 2.56. The van der Waals surface area contributed by atoms with Gasteiger partial charge in [-0.3, -0.25) is 0 Å².